The lowest BCUT2D eigenvalue weighted by atomic mass is 10.2. The first-order valence-electron chi connectivity index (χ1n) is 8.63. The van der Waals surface area contributed by atoms with Crippen LogP contribution < -0.4 is 19.9 Å². The van der Waals surface area contributed by atoms with E-state index in [4.69, 9.17) is 4.74 Å². The summed E-state index contributed by atoms with van der Waals surface area (Å²) in [5, 5.41) is 2.81. The average Bonchev–Trinajstić information content (AvgIpc) is 3.07. The minimum atomic E-state index is -0.231. The molecule has 0 aromatic heterocycles. The molecule has 1 saturated heterocycles. The van der Waals surface area contributed by atoms with Crippen LogP contribution in [0, 0.1) is 0 Å². The van der Waals surface area contributed by atoms with Gasteiger partial charge in [0.15, 0.2) is 6.61 Å². The third-order valence-corrected chi connectivity index (χ3v) is 4.24. The van der Waals surface area contributed by atoms with E-state index in [2.05, 4.69) is 5.32 Å². The number of carbonyl (C=O) groups is 2. The molecule has 1 aliphatic rings. The van der Waals surface area contributed by atoms with Crippen molar-refractivity contribution >= 4 is 28.9 Å². The highest BCUT2D eigenvalue weighted by molar-refractivity contribution is 5.95. The Bertz CT molecular complexity index is 787. The number of ether oxygens (including phenoxy) is 1. The molecular formula is C20H23N3O3. The second kappa shape index (κ2) is 7.91. The van der Waals surface area contributed by atoms with Gasteiger partial charge in [0, 0.05) is 50.2 Å². The zero-order chi connectivity index (χ0) is 18.5. The number of hydrogen-bond acceptors (Lipinski definition) is 4. The minimum Gasteiger partial charge on any atom is -0.484 e. The summed E-state index contributed by atoms with van der Waals surface area (Å²) in [5.41, 5.74) is 2.60. The normalized spacial score (nSPS) is 13.6. The highest BCUT2D eigenvalue weighted by atomic mass is 16.5. The van der Waals surface area contributed by atoms with E-state index >= 15 is 0 Å². The van der Waals surface area contributed by atoms with Crippen LogP contribution in [0.2, 0.25) is 0 Å². The van der Waals surface area contributed by atoms with Crippen LogP contribution in [-0.4, -0.2) is 39.1 Å². The van der Waals surface area contributed by atoms with Crippen LogP contribution in [-0.2, 0) is 9.59 Å². The standard InChI is InChI=1S/C20H23N3O3/c1-22(2)16-10-8-15(9-11-16)21-19(24)14-26-18-6-3-5-17(13-18)23-12-4-7-20(23)25/h3,5-6,8-11,13H,4,7,12,14H2,1-2H3,(H,21,24). The maximum absolute atomic E-state index is 12.1. The van der Waals surface area contributed by atoms with E-state index < -0.39 is 0 Å². The molecule has 0 radical (unpaired) electrons. The van der Waals surface area contributed by atoms with Gasteiger partial charge in [-0.15, -0.1) is 0 Å². The molecule has 6 heteroatoms. The number of hydrogen-bond donors (Lipinski definition) is 1. The van der Waals surface area contributed by atoms with Gasteiger partial charge in [0.1, 0.15) is 5.75 Å². The predicted octanol–water partition coefficient (Wildman–Crippen LogP) is 2.90. The van der Waals surface area contributed by atoms with Gasteiger partial charge in [-0.2, -0.15) is 0 Å². The molecule has 1 N–H and O–H groups in total. The van der Waals surface area contributed by atoms with E-state index in [0.717, 1.165) is 30.0 Å². The van der Waals surface area contributed by atoms with Gasteiger partial charge in [-0.25, -0.2) is 0 Å². The summed E-state index contributed by atoms with van der Waals surface area (Å²) in [5.74, 6) is 0.464. The first-order valence-corrected chi connectivity index (χ1v) is 8.63. The average molecular weight is 353 g/mol. The minimum absolute atomic E-state index is 0.0904. The topological polar surface area (TPSA) is 61.9 Å². The van der Waals surface area contributed by atoms with Crippen LogP contribution in [0.4, 0.5) is 17.1 Å². The van der Waals surface area contributed by atoms with Crippen LogP contribution in [0.3, 0.4) is 0 Å². The quantitative estimate of drug-likeness (QED) is 0.867. The summed E-state index contributed by atoms with van der Waals surface area (Å²) in [6, 6.07) is 14.9. The molecular weight excluding hydrogens is 330 g/mol. The summed E-state index contributed by atoms with van der Waals surface area (Å²) < 4.78 is 5.58. The molecule has 2 amide bonds. The zero-order valence-corrected chi connectivity index (χ0v) is 15.1. The first-order chi connectivity index (χ1) is 12.5. The fourth-order valence-electron chi connectivity index (χ4n) is 2.85. The Kier molecular flexibility index (Phi) is 5.41. The van der Waals surface area contributed by atoms with Crippen molar-refractivity contribution in [2.24, 2.45) is 0 Å². The van der Waals surface area contributed by atoms with Crippen molar-refractivity contribution in [1.82, 2.24) is 0 Å². The van der Waals surface area contributed by atoms with Crippen molar-refractivity contribution in [3.05, 3.63) is 48.5 Å². The van der Waals surface area contributed by atoms with Crippen molar-refractivity contribution in [3.63, 3.8) is 0 Å². The summed E-state index contributed by atoms with van der Waals surface area (Å²) in [4.78, 5) is 27.7. The van der Waals surface area contributed by atoms with Crippen LogP contribution in [0.5, 0.6) is 5.75 Å². The molecule has 0 unspecified atom stereocenters. The predicted molar refractivity (Wildman–Crippen MR) is 103 cm³/mol. The summed E-state index contributed by atoms with van der Waals surface area (Å²) in [7, 11) is 3.93. The zero-order valence-electron chi connectivity index (χ0n) is 15.1. The number of benzene rings is 2. The number of nitrogens with one attached hydrogen (secondary N) is 1. The van der Waals surface area contributed by atoms with Gasteiger partial charge in [0.25, 0.3) is 5.91 Å². The van der Waals surface area contributed by atoms with Gasteiger partial charge in [-0.1, -0.05) is 6.07 Å². The summed E-state index contributed by atoms with van der Waals surface area (Å²) in [6.07, 6.45) is 1.46. The second-order valence-corrected chi connectivity index (χ2v) is 6.42. The highest BCUT2D eigenvalue weighted by Gasteiger charge is 2.21. The monoisotopic (exact) mass is 353 g/mol. The smallest absolute Gasteiger partial charge is 0.262 e. The van der Waals surface area contributed by atoms with Gasteiger partial charge < -0.3 is 19.9 Å². The van der Waals surface area contributed by atoms with Crippen molar-refractivity contribution in [2.75, 3.05) is 42.4 Å². The van der Waals surface area contributed by atoms with Crippen molar-refractivity contribution < 1.29 is 14.3 Å². The number of carbonyl (C=O) groups excluding carboxylic acids is 2. The van der Waals surface area contributed by atoms with E-state index in [1.54, 1.807) is 17.0 Å². The third kappa shape index (κ3) is 4.33. The van der Waals surface area contributed by atoms with Gasteiger partial charge in [0.2, 0.25) is 5.91 Å². The number of amides is 2. The van der Waals surface area contributed by atoms with Crippen LogP contribution in [0.15, 0.2) is 48.5 Å². The Morgan fingerprint density at radius 3 is 2.62 bits per heavy atom. The molecule has 136 valence electrons. The highest BCUT2D eigenvalue weighted by Crippen LogP contribution is 2.25. The molecule has 0 spiro atoms. The summed E-state index contributed by atoms with van der Waals surface area (Å²) in [6.45, 7) is 0.637. The lowest BCUT2D eigenvalue weighted by Crippen LogP contribution is -2.24. The molecule has 0 aliphatic carbocycles. The Morgan fingerprint density at radius 2 is 1.96 bits per heavy atom. The van der Waals surface area contributed by atoms with Gasteiger partial charge >= 0.3 is 0 Å². The molecule has 0 atom stereocenters. The fourth-order valence-corrected chi connectivity index (χ4v) is 2.85. The Morgan fingerprint density at radius 1 is 1.19 bits per heavy atom. The van der Waals surface area contributed by atoms with Gasteiger partial charge in [-0.3, -0.25) is 9.59 Å². The maximum atomic E-state index is 12.1. The lowest BCUT2D eigenvalue weighted by molar-refractivity contribution is -0.118. The Hall–Kier alpha value is -3.02. The third-order valence-electron chi connectivity index (χ3n) is 4.24. The van der Waals surface area contributed by atoms with E-state index in [1.807, 2.05) is 55.4 Å². The molecule has 1 fully saturated rings. The van der Waals surface area contributed by atoms with Crippen molar-refractivity contribution in [3.8, 4) is 5.75 Å². The Balaban J connectivity index is 1.55. The van der Waals surface area contributed by atoms with Crippen molar-refractivity contribution in [2.45, 2.75) is 12.8 Å². The molecule has 2 aromatic carbocycles. The van der Waals surface area contributed by atoms with Gasteiger partial charge in [-0.05, 0) is 42.8 Å². The molecule has 1 heterocycles. The first kappa shape index (κ1) is 17.8. The number of nitrogens with zero attached hydrogens (tertiary/aromatic N) is 2. The lowest BCUT2D eigenvalue weighted by Gasteiger charge is -2.16. The maximum Gasteiger partial charge on any atom is 0.262 e. The van der Waals surface area contributed by atoms with Crippen molar-refractivity contribution in [1.29, 1.82) is 0 Å². The van der Waals surface area contributed by atoms with E-state index in [1.165, 1.54) is 0 Å². The van der Waals surface area contributed by atoms with Gasteiger partial charge in [0.05, 0.1) is 0 Å². The molecule has 3 rings (SSSR count). The second-order valence-electron chi connectivity index (χ2n) is 6.42. The van der Waals surface area contributed by atoms with E-state index in [0.29, 0.717) is 12.2 Å². The molecule has 1 aliphatic heterocycles. The molecule has 2 aromatic rings. The van der Waals surface area contributed by atoms with E-state index in [9.17, 15) is 9.59 Å². The molecule has 26 heavy (non-hydrogen) atoms. The molecule has 0 saturated carbocycles. The van der Waals surface area contributed by atoms with Crippen LogP contribution in [0.25, 0.3) is 0 Å². The van der Waals surface area contributed by atoms with E-state index in [-0.39, 0.29) is 18.4 Å². The number of anilines is 3. The summed E-state index contributed by atoms with van der Waals surface area (Å²) >= 11 is 0. The molecule has 6 nitrogen and oxygen atoms in total. The SMILES string of the molecule is CN(C)c1ccc(NC(=O)COc2cccc(N3CCCC3=O)c2)cc1. The number of rotatable bonds is 6. The Labute approximate surface area is 153 Å². The van der Waals surface area contributed by atoms with Crippen LogP contribution >= 0.6 is 0 Å². The largest absolute Gasteiger partial charge is 0.484 e. The fraction of sp³-hybridized carbons (Fsp3) is 0.300. The molecule has 0 bridgehead atoms. The van der Waals surface area contributed by atoms with Crippen LogP contribution in [0.1, 0.15) is 12.8 Å².